The second kappa shape index (κ2) is 7.69. The summed E-state index contributed by atoms with van der Waals surface area (Å²) < 4.78 is 44.1. The number of alkyl halides is 2. The summed E-state index contributed by atoms with van der Waals surface area (Å²) in [6.45, 7) is 0.000270. The van der Waals surface area contributed by atoms with Crippen LogP contribution in [-0.2, 0) is 4.79 Å². The van der Waals surface area contributed by atoms with Gasteiger partial charge >= 0.3 is 0 Å². The van der Waals surface area contributed by atoms with E-state index < -0.39 is 24.9 Å². The smallest absolute Gasteiger partial charge is 0.262 e. The van der Waals surface area contributed by atoms with Gasteiger partial charge in [0.25, 0.3) is 5.92 Å². The van der Waals surface area contributed by atoms with Crippen molar-refractivity contribution >= 4 is 18.3 Å². The third kappa shape index (κ3) is 5.06. The van der Waals surface area contributed by atoms with Gasteiger partial charge in [0.15, 0.2) is 0 Å². The Morgan fingerprint density at radius 1 is 1.41 bits per heavy atom. The number of nitrogens with zero attached hydrogens (tertiary/aromatic N) is 1. The molecule has 1 aliphatic heterocycles. The van der Waals surface area contributed by atoms with E-state index in [0.717, 1.165) is 0 Å². The molecule has 2 rings (SSSR count). The van der Waals surface area contributed by atoms with Crippen LogP contribution < -0.4 is 10.1 Å². The molecule has 1 saturated heterocycles. The Hall–Kier alpha value is -1.47. The van der Waals surface area contributed by atoms with E-state index in [1.54, 1.807) is 0 Å². The zero-order chi connectivity index (χ0) is 15.5. The Morgan fingerprint density at radius 3 is 2.59 bits per heavy atom. The zero-order valence-corrected chi connectivity index (χ0v) is 12.8. The number of ether oxygens (including phenoxy) is 1. The van der Waals surface area contributed by atoms with Crippen LogP contribution in [-0.4, -0.2) is 49.5 Å². The highest BCUT2D eigenvalue weighted by Crippen LogP contribution is 2.25. The van der Waals surface area contributed by atoms with Crippen LogP contribution in [0.4, 0.5) is 13.2 Å². The lowest BCUT2D eigenvalue weighted by Gasteiger charge is -2.21. The van der Waals surface area contributed by atoms with Crippen LogP contribution in [0.1, 0.15) is 6.42 Å². The predicted octanol–water partition coefficient (Wildman–Crippen LogP) is 2.08. The first-order chi connectivity index (χ1) is 9.87. The highest BCUT2D eigenvalue weighted by Gasteiger charge is 2.43. The van der Waals surface area contributed by atoms with E-state index in [2.05, 4.69) is 5.32 Å². The van der Waals surface area contributed by atoms with Crippen LogP contribution in [0.3, 0.4) is 0 Å². The quantitative estimate of drug-likeness (QED) is 0.894. The van der Waals surface area contributed by atoms with Gasteiger partial charge in [-0.1, -0.05) is 0 Å². The molecule has 4 nitrogen and oxygen atoms in total. The van der Waals surface area contributed by atoms with Crippen LogP contribution in [0.2, 0.25) is 0 Å². The van der Waals surface area contributed by atoms with Crippen LogP contribution in [0.5, 0.6) is 5.75 Å². The topological polar surface area (TPSA) is 41.6 Å². The molecule has 1 amide bonds. The minimum atomic E-state index is -2.83. The van der Waals surface area contributed by atoms with Gasteiger partial charge in [-0.15, -0.1) is 12.4 Å². The number of carbonyl (C=O) groups excluding carboxylic acids is 1. The molecule has 1 aromatic rings. The fourth-order valence-corrected chi connectivity index (χ4v) is 2.10. The summed E-state index contributed by atoms with van der Waals surface area (Å²) >= 11 is 0. The van der Waals surface area contributed by atoms with Crippen LogP contribution >= 0.6 is 12.4 Å². The summed E-state index contributed by atoms with van der Waals surface area (Å²) in [6.07, 6.45) is -0.477. The Bertz CT molecular complexity index is 499. The summed E-state index contributed by atoms with van der Waals surface area (Å²) in [5, 5.41) is 2.52. The van der Waals surface area contributed by atoms with E-state index in [-0.39, 0.29) is 37.3 Å². The lowest BCUT2D eigenvalue weighted by Crippen LogP contribution is -2.43. The minimum absolute atomic E-state index is 0. The first-order valence-electron chi connectivity index (χ1n) is 6.62. The van der Waals surface area contributed by atoms with Crippen molar-refractivity contribution in [3.63, 3.8) is 0 Å². The largest absolute Gasteiger partial charge is 0.492 e. The Labute approximate surface area is 133 Å². The molecule has 0 saturated carbocycles. The minimum Gasteiger partial charge on any atom is -0.492 e. The first kappa shape index (κ1) is 18.6. The first-order valence-corrected chi connectivity index (χ1v) is 6.62. The molecule has 0 aliphatic carbocycles. The number of amides is 1. The van der Waals surface area contributed by atoms with Crippen molar-refractivity contribution in [2.45, 2.75) is 18.4 Å². The normalized spacial score (nSPS) is 19.4. The molecule has 0 spiro atoms. The van der Waals surface area contributed by atoms with Crippen molar-refractivity contribution in [3.05, 3.63) is 30.1 Å². The third-order valence-corrected chi connectivity index (χ3v) is 3.29. The molecule has 8 heteroatoms. The molecule has 124 valence electrons. The molecule has 0 aromatic heterocycles. The molecule has 0 radical (unpaired) electrons. The molecule has 1 aliphatic rings. The lowest BCUT2D eigenvalue weighted by molar-refractivity contribution is -0.132. The molecule has 22 heavy (non-hydrogen) atoms. The molecule has 1 N–H and O–H groups in total. The van der Waals surface area contributed by atoms with Gasteiger partial charge in [0.1, 0.15) is 18.2 Å². The maximum absolute atomic E-state index is 13.0. The number of nitrogens with one attached hydrogen (secondary N) is 1. The van der Waals surface area contributed by atoms with Crippen molar-refractivity contribution in [1.29, 1.82) is 0 Å². The average Bonchev–Trinajstić information content (AvgIpc) is 2.80. The summed E-state index contributed by atoms with van der Waals surface area (Å²) in [5.41, 5.74) is 0. The van der Waals surface area contributed by atoms with Gasteiger partial charge in [-0.25, -0.2) is 13.2 Å². The van der Waals surface area contributed by atoms with E-state index in [9.17, 15) is 18.0 Å². The maximum Gasteiger partial charge on any atom is 0.262 e. The number of carbonyl (C=O) groups is 1. The standard InChI is InChI=1S/C14H17F3N2O2.ClH/c1-19(13(20)12-8-14(16,17)9-18-12)6-7-21-11-4-2-10(15)3-5-11;/h2-5,12,18H,6-9H2,1H3;1H. The van der Waals surface area contributed by atoms with Crippen molar-refractivity contribution in [3.8, 4) is 5.75 Å². The van der Waals surface area contributed by atoms with E-state index in [4.69, 9.17) is 4.74 Å². The van der Waals surface area contributed by atoms with E-state index >= 15 is 0 Å². The average molecular weight is 339 g/mol. The molecular formula is C14H18ClF3N2O2. The fraction of sp³-hybridized carbons (Fsp3) is 0.500. The highest BCUT2D eigenvalue weighted by atomic mass is 35.5. The van der Waals surface area contributed by atoms with Gasteiger partial charge in [-0.05, 0) is 24.3 Å². The predicted molar refractivity (Wildman–Crippen MR) is 78.1 cm³/mol. The summed E-state index contributed by atoms with van der Waals surface area (Å²) in [5.74, 6) is -3.08. The number of likely N-dealkylation sites (N-methyl/N-ethyl adjacent to an activating group) is 1. The number of benzene rings is 1. The van der Waals surface area contributed by atoms with Crippen molar-refractivity contribution in [1.82, 2.24) is 10.2 Å². The highest BCUT2D eigenvalue weighted by molar-refractivity contribution is 5.85. The van der Waals surface area contributed by atoms with Crippen LogP contribution in [0.15, 0.2) is 24.3 Å². The number of hydrogen-bond acceptors (Lipinski definition) is 3. The second-order valence-corrected chi connectivity index (χ2v) is 5.06. The van der Waals surface area contributed by atoms with Crippen molar-refractivity contribution < 1.29 is 22.7 Å². The van der Waals surface area contributed by atoms with Gasteiger partial charge in [0.2, 0.25) is 5.91 Å². The summed E-state index contributed by atoms with van der Waals surface area (Å²) in [4.78, 5) is 13.3. The Kier molecular flexibility index (Phi) is 6.49. The second-order valence-electron chi connectivity index (χ2n) is 5.06. The summed E-state index contributed by atoms with van der Waals surface area (Å²) in [7, 11) is 1.54. The van der Waals surface area contributed by atoms with Gasteiger partial charge in [-0.3, -0.25) is 10.1 Å². The molecule has 1 heterocycles. The van der Waals surface area contributed by atoms with E-state index in [1.807, 2.05) is 0 Å². The number of hydrogen-bond donors (Lipinski definition) is 1. The summed E-state index contributed by atoms with van der Waals surface area (Å²) in [6, 6.07) is 4.66. The SMILES string of the molecule is CN(CCOc1ccc(F)cc1)C(=O)C1CC(F)(F)CN1.Cl. The maximum atomic E-state index is 13.0. The van der Waals surface area contributed by atoms with Gasteiger partial charge in [-0.2, -0.15) is 0 Å². The molecule has 1 unspecified atom stereocenters. The molecule has 0 bridgehead atoms. The molecule has 1 fully saturated rings. The van der Waals surface area contributed by atoms with E-state index in [0.29, 0.717) is 5.75 Å². The lowest BCUT2D eigenvalue weighted by atomic mass is 10.2. The third-order valence-electron chi connectivity index (χ3n) is 3.29. The molecule has 1 aromatic carbocycles. The van der Waals surface area contributed by atoms with Crippen molar-refractivity contribution in [2.75, 3.05) is 26.7 Å². The number of rotatable bonds is 5. The van der Waals surface area contributed by atoms with Gasteiger partial charge in [0.05, 0.1) is 19.1 Å². The zero-order valence-electron chi connectivity index (χ0n) is 12.0. The molecular weight excluding hydrogens is 321 g/mol. The van der Waals surface area contributed by atoms with Gasteiger partial charge < -0.3 is 9.64 Å². The van der Waals surface area contributed by atoms with Crippen LogP contribution in [0.25, 0.3) is 0 Å². The van der Waals surface area contributed by atoms with E-state index in [1.165, 1.54) is 36.2 Å². The Morgan fingerprint density at radius 2 is 2.05 bits per heavy atom. The monoisotopic (exact) mass is 338 g/mol. The van der Waals surface area contributed by atoms with Crippen LogP contribution in [0, 0.1) is 5.82 Å². The molecule has 1 atom stereocenters. The number of halogens is 4. The van der Waals surface area contributed by atoms with Gasteiger partial charge in [0, 0.05) is 13.5 Å². The Balaban J connectivity index is 0.00000242. The van der Waals surface area contributed by atoms with Crippen molar-refractivity contribution in [2.24, 2.45) is 0 Å². The fourth-order valence-electron chi connectivity index (χ4n) is 2.10.